The molecule has 0 spiro atoms. The predicted molar refractivity (Wildman–Crippen MR) is 202 cm³/mol. The van der Waals surface area contributed by atoms with Crippen LogP contribution < -0.4 is 5.73 Å². The van der Waals surface area contributed by atoms with Crippen LogP contribution in [0.15, 0.2) is 12.5 Å². The standard InChI is InChI=1S/C40H76N4O5/c1-3-5-7-9-11-13-15-17-19-21-23-25-27-44(28-26-24-22-20-18-16-14-12-10-8-6-4-2)39(45)35-48-30-29-47-31-32-49-40(46)38(41)33-37-34-42-36-43-37/h34,36,38H,3-33,35,41H2,1-2H3,(H,42,43). The second-order valence-electron chi connectivity index (χ2n) is 13.9. The summed E-state index contributed by atoms with van der Waals surface area (Å²) in [4.78, 5) is 34.0. The maximum atomic E-state index is 13.1. The molecule has 0 aliphatic heterocycles. The topological polar surface area (TPSA) is 120 Å². The molecule has 0 fully saturated rings. The highest BCUT2D eigenvalue weighted by Crippen LogP contribution is 2.14. The number of H-pyrrole nitrogens is 1. The quantitative estimate of drug-likeness (QED) is 0.0527. The first-order valence-corrected chi connectivity index (χ1v) is 20.4. The molecule has 1 aromatic rings. The molecule has 3 N–H and O–H groups in total. The summed E-state index contributed by atoms with van der Waals surface area (Å²) in [6.07, 6.45) is 35.1. The molecule has 49 heavy (non-hydrogen) atoms. The van der Waals surface area contributed by atoms with Crippen LogP contribution in [-0.2, 0) is 30.2 Å². The van der Waals surface area contributed by atoms with Gasteiger partial charge in [-0.15, -0.1) is 0 Å². The molecule has 1 rings (SSSR count). The van der Waals surface area contributed by atoms with Crippen molar-refractivity contribution in [1.29, 1.82) is 0 Å². The van der Waals surface area contributed by atoms with Gasteiger partial charge in [-0.3, -0.25) is 9.59 Å². The molecule has 1 heterocycles. The van der Waals surface area contributed by atoms with E-state index in [4.69, 9.17) is 19.9 Å². The van der Waals surface area contributed by atoms with Crippen LogP contribution in [-0.4, -0.2) is 78.9 Å². The molecule has 0 radical (unpaired) electrons. The van der Waals surface area contributed by atoms with Crippen molar-refractivity contribution in [3.63, 3.8) is 0 Å². The number of carbonyl (C=O) groups is 2. The minimum Gasteiger partial charge on any atom is -0.462 e. The van der Waals surface area contributed by atoms with Gasteiger partial charge in [0.15, 0.2) is 0 Å². The van der Waals surface area contributed by atoms with Gasteiger partial charge in [0.05, 0.1) is 26.1 Å². The maximum absolute atomic E-state index is 13.1. The van der Waals surface area contributed by atoms with Crippen molar-refractivity contribution < 1.29 is 23.8 Å². The Bertz CT molecular complexity index is 826. The van der Waals surface area contributed by atoms with Gasteiger partial charge in [0.25, 0.3) is 0 Å². The SMILES string of the molecule is CCCCCCCCCCCCCCN(CCCCCCCCCCCCCC)C(=O)COCCOCCOC(=O)C(N)Cc1cnc[nH]1. The Balaban J connectivity index is 2.20. The van der Waals surface area contributed by atoms with Crippen molar-refractivity contribution in [2.45, 2.75) is 180 Å². The van der Waals surface area contributed by atoms with E-state index in [-0.39, 0.29) is 25.7 Å². The largest absolute Gasteiger partial charge is 0.462 e. The van der Waals surface area contributed by atoms with E-state index < -0.39 is 12.0 Å². The van der Waals surface area contributed by atoms with Crippen LogP contribution in [0.2, 0.25) is 0 Å². The zero-order chi connectivity index (χ0) is 35.5. The van der Waals surface area contributed by atoms with Crippen molar-refractivity contribution >= 4 is 11.9 Å². The number of carbonyl (C=O) groups excluding carboxylic acids is 2. The van der Waals surface area contributed by atoms with Gasteiger partial charge in [-0.05, 0) is 12.8 Å². The van der Waals surface area contributed by atoms with Crippen LogP contribution in [0.1, 0.15) is 174 Å². The third kappa shape index (κ3) is 28.4. The van der Waals surface area contributed by atoms with Gasteiger partial charge in [0.2, 0.25) is 5.91 Å². The number of ether oxygens (including phenoxy) is 3. The number of hydrogen-bond acceptors (Lipinski definition) is 7. The summed E-state index contributed by atoms with van der Waals surface area (Å²) < 4.78 is 16.4. The molecule has 0 saturated carbocycles. The Kier molecular flexibility index (Phi) is 31.7. The molecular formula is C40H76N4O5. The number of aromatic nitrogens is 2. The molecule has 1 aromatic heterocycles. The molecule has 0 aromatic carbocycles. The van der Waals surface area contributed by atoms with E-state index in [1.165, 1.54) is 141 Å². The molecule has 1 amide bonds. The first-order chi connectivity index (χ1) is 24.1. The second-order valence-corrected chi connectivity index (χ2v) is 13.9. The minimum atomic E-state index is -0.748. The third-order valence-corrected chi connectivity index (χ3v) is 9.28. The molecule has 9 heteroatoms. The fourth-order valence-electron chi connectivity index (χ4n) is 6.14. The van der Waals surface area contributed by atoms with Gasteiger partial charge in [-0.2, -0.15) is 0 Å². The van der Waals surface area contributed by atoms with Crippen LogP contribution >= 0.6 is 0 Å². The van der Waals surface area contributed by atoms with Crippen molar-refractivity contribution in [3.05, 3.63) is 18.2 Å². The molecule has 0 saturated heterocycles. The fourth-order valence-corrected chi connectivity index (χ4v) is 6.14. The van der Waals surface area contributed by atoms with Crippen molar-refractivity contribution in [1.82, 2.24) is 14.9 Å². The Labute approximate surface area is 300 Å². The summed E-state index contributed by atoms with van der Waals surface area (Å²) in [5.41, 5.74) is 6.68. The number of unbranched alkanes of at least 4 members (excludes halogenated alkanes) is 22. The summed E-state index contributed by atoms with van der Waals surface area (Å²) >= 11 is 0. The number of nitrogens with zero attached hydrogens (tertiary/aromatic N) is 2. The van der Waals surface area contributed by atoms with Crippen LogP contribution in [0.5, 0.6) is 0 Å². The zero-order valence-corrected chi connectivity index (χ0v) is 31.9. The van der Waals surface area contributed by atoms with Gasteiger partial charge in [-0.1, -0.05) is 155 Å². The number of esters is 1. The Morgan fingerprint density at radius 2 is 1.08 bits per heavy atom. The molecular weight excluding hydrogens is 616 g/mol. The molecule has 0 bridgehead atoms. The van der Waals surface area contributed by atoms with Crippen LogP contribution in [0.4, 0.5) is 0 Å². The number of imidazole rings is 1. The van der Waals surface area contributed by atoms with E-state index in [2.05, 4.69) is 23.8 Å². The lowest BCUT2D eigenvalue weighted by molar-refractivity contribution is -0.147. The smallest absolute Gasteiger partial charge is 0.323 e. The lowest BCUT2D eigenvalue weighted by Crippen LogP contribution is -2.36. The zero-order valence-electron chi connectivity index (χ0n) is 31.9. The molecule has 286 valence electrons. The molecule has 0 aliphatic carbocycles. The number of amides is 1. The number of nitrogens with one attached hydrogen (secondary N) is 1. The first kappa shape index (κ1) is 45.1. The van der Waals surface area contributed by atoms with Crippen LogP contribution in [0.25, 0.3) is 0 Å². The minimum absolute atomic E-state index is 0.0753. The van der Waals surface area contributed by atoms with Crippen LogP contribution in [0, 0.1) is 0 Å². The van der Waals surface area contributed by atoms with Crippen molar-refractivity contribution in [2.24, 2.45) is 5.73 Å². The summed E-state index contributed by atoms with van der Waals surface area (Å²) in [6.45, 7) is 7.31. The van der Waals surface area contributed by atoms with E-state index in [0.29, 0.717) is 19.6 Å². The van der Waals surface area contributed by atoms with Crippen molar-refractivity contribution in [3.8, 4) is 0 Å². The van der Waals surface area contributed by atoms with Gasteiger partial charge in [-0.25, -0.2) is 4.98 Å². The van der Waals surface area contributed by atoms with E-state index >= 15 is 0 Å². The lowest BCUT2D eigenvalue weighted by atomic mass is 10.0. The number of rotatable bonds is 37. The van der Waals surface area contributed by atoms with Gasteiger partial charge >= 0.3 is 5.97 Å². The maximum Gasteiger partial charge on any atom is 0.323 e. The summed E-state index contributed by atoms with van der Waals surface area (Å²) in [5, 5.41) is 0. The first-order valence-electron chi connectivity index (χ1n) is 20.4. The highest BCUT2D eigenvalue weighted by Gasteiger charge is 2.16. The normalized spacial score (nSPS) is 12.0. The summed E-state index contributed by atoms with van der Waals surface area (Å²) in [7, 11) is 0. The third-order valence-electron chi connectivity index (χ3n) is 9.28. The van der Waals surface area contributed by atoms with E-state index in [0.717, 1.165) is 31.6 Å². The van der Waals surface area contributed by atoms with E-state index in [9.17, 15) is 9.59 Å². The molecule has 9 nitrogen and oxygen atoms in total. The number of hydrogen-bond donors (Lipinski definition) is 2. The van der Waals surface area contributed by atoms with Gasteiger partial charge in [0.1, 0.15) is 19.3 Å². The Hall–Kier alpha value is -1.97. The van der Waals surface area contributed by atoms with Gasteiger partial charge in [0, 0.05) is 31.4 Å². The lowest BCUT2D eigenvalue weighted by Gasteiger charge is -2.23. The number of aromatic amines is 1. The number of nitrogens with two attached hydrogens (primary N) is 1. The highest BCUT2D eigenvalue weighted by atomic mass is 16.6. The van der Waals surface area contributed by atoms with Gasteiger partial charge < -0.3 is 29.8 Å². The fraction of sp³-hybridized carbons (Fsp3) is 0.875. The average molecular weight is 693 g/mol. The molecule has 0 aliphatic rings. The molecule has 1 atom stereocenters. The summed E-state index contributed by atoms with van der Waals surface area (Å²) in [5.74, 6) is -0.396. The predicted octanol–water partition coefficient (Wildman–Crippen LogP) is 9.09. The molecule has 1 unspecified atom stereocenters. The summed E-state index contributed by atoms with van der Waals surface area (Å²) in [6, 6.07) is -0.748. The average Bonchev–Trinajstić information content (AvgIpc) is 3.62. The van der Waals surface area contributed by atoms with E-state index in [1.54, 1.807) is 12.5 Å². The van der Waals surface area contributed by atoms with Crippen LogP contribution in [0.3, 0.4) is 0 Å². The highest BCUT2D eigenvalue weighted by molar-refractivity contribution is 5.77. The van der Waals surface area contributed by atoms with Crippen molar-refractivity contribution in [2.75, 3.05) is 46.1 Å². The second kappa shape index (κ2) is 34.5. The Morgan fingerprint density at radius 1 is 0.653 bits per heavy atom. The Morgan fingerprint density at radius 3 is 1.53 bits per heavy atom. The monoisotopic (exact) mass is 693 g/mol. The van der Waals surface area contributed by atoms with E-state index in [1.807, 2.05) is 4.90 Å².